The molecule has 0 unspecified atom stereocenters. The van der Waals surface area contributed by atoms with Crippen molar-refractivity contribution in [3.05, 3.63) is 35.4 Å². The minimum Gasteiger partial charge on any atom is -0.469 e. The van der Waals surface area contributed by atoms with E-state index in [1.807, 2.05) is 36.1 Å². The van der Waals surface area contributed by atoms with Gasteiger partial charge in [-0.15, -0.1) is 0 Å². The number of carbonyl (C=O) groups is 2. The van der Waals surface area contributed by atoms with E-state index in [4.69, 9.17) is 4.74 Å². The van der Waals surface area contributed by atoms with Crippen LogP contribution in [0.4, 0.5) is 0 Å². The molecule has 0 aromatic heterocycles. The third-order valence-electron chi connectivity index (χ3n) is 4.94. The second-order valence-corrected chi connectivity index (χ2v) is 6.64. The monoisotopic (exact) mass is 331 g/mol. The SMILES string of the molecule is COC(=O)CCN(C(=O)c1ccccc1C)C1CCCCCCC1. The topological polar surface area (TPSA) is 46.6 Å². The zero-order valence-electron chi connectivity index (χ0n) is 14.9. The zero-order chi connectivity index (χ0) is 17.4. The molecule has 1 fully saturated rings. The Labute approximate surface area is 145 Å². The van der Waals surface area contributed by atoms with Crippen molar-refractivity contribution >= 4 is 11.9 Å². The molecule has 1 aromatic carbocycles. The number of benzene rings is 1. The van der Waals surface area contributed by atoms with Gasteiger partial charge in [-0.3, -0.25) is 9.59 Å². The van der Waals surface area contributed by atoms with Crippen molar-refractivity contribution in [2.75, 3.05) is 13.7 Å². The van der Waals surface area contributed by atoms with Crippen LogP contribution in [-0.2, 0) is 9.53 Å². The van der Waals surface area contributed by atoms with Gasteiger partial charge < -0.3 is 9.64 Å². The van der Waals surface area contributed by atoms with Gasteiger partial charge in [0.25, 0.3) is 5.91 Å². The highest BCUT2D eigenvalue weighted by molar-refractivity contribution is 5.96. The molecule has 1 amide bonds. The van der Waals surface area contributed by atoms with Crippen LogP contribution in [0.1, 0.15) is 67.3 Å². The fraction of sp³-hybridized carbons (Fsp3) is 0.600. The van der Waals surface area contributed by atoms with Crippen molar-refractivity contribution in [3.63, 3.8) is 0 Å². The van der Waals surface area contributed by atoms with Crippen LogP contribution in [-0.4, -0.2) is 36.5 Å². The predicted octanol–water partition coefficient (Wildman–Crippen LogP) is 4.11. The molecule has 1 aliphatic carbocycles. The number of nitrogens with zero attached hydrogens (tertiary/aromatic N) is 1. The maximum Gasteiger partial charge on any atom is 0.307 e. The van der Waals surface area contributed by atoms with Crippen molar-refractivity contribution in [1.82, 2.24) is 4.90 Å². The predicted molar refractivity (Wildman–Crippen MR) is 95.0 cm³/mol. The summed E-state index contributed by atoms with van der Waals surface area (Å²) in [5.74, 6) is -0.217. The van der Waals surface area contributed by atoms with Crippen molar-refractivity contribution in [3.8, 4) is 0 Å². The van der Waals surface area contributed by atoms with Gasteiger partial charge in [0.1, 0.15) is 0 Å². The molecular formula is C20H29NO3. The highest BCUT2D eigenvalue weighted by Gasteiger charge is 2.26. The molecule has 4 nitrogen and oxygen atoms in total. The van der Waals surface area contributed by atoms with Crippen LogP contribution in [0, 0.1) is 6.92 Å². The van der Waals surface area contributed by atoms with E-state index >= 15 is 0 Å². The van der Waals surface area contributed by atoms with E-state index < -0.39 is 0 Å². The third-order valence-corrected chi connectivity index (χ3v) is 4.94. The van der Waals surface area contributed by atoms with E-state index in [-0.39, 0.29) is 24.3 Å². The summed E-state index contributed by atoms with van der Waals surface area (Å²) in [5, 5.41) is 0. The fourth-order valence-corrected chi connectivity index (χ4v) is 3.48. The first-order valence-corrected chi connectivity index (χ1v) is 9.07. The van der Waals surface area contributed by atoms with E-state index in [1.54, 1.807) is 0 Å². The summed E-state index contributed by atoms with van der Waals surface area (Å²) in [6.07, 6.45) is 8.38. The molecule has 0 spiro atoms. The Balaban J connectivity index is 2.18. The number of ether oxygens (including phenoxy) is 1. The Morgan fingerprint density at radius 3 is 2.33 bits per heavy atom. The lowest BCUT2D eigenvalue weighted by atomic mass is 9.94. The normalized spacial score (nSPS) is 16.1. The average Bonchev–Trinajstić information content (AvgIpc) is 2.56. The first-order chi connectivity index (χ1) is 11.6. The van der Waals surface area contributed by atoms with Crippen molar-refractivity contribution in [2.45, 2.75) is 64.3 Å². The Morgan fingerprint density at radius 1 is 1.08 bits per heavy atom. The molecule has 0 bridgehead atoms. The van der Waals surface area contributed by atoms with Gasteiger partial charge in [0.05, 0.1) is 13.5 Å². The Hall–Kier alpha value is -1.84. The van der Waals surface area contributed by atoms with Crippen LogP contribution in [0.3, 0.4) is 0 Å². The number of carbonyl (C=O) groups excluding carboxylic acids is 2. The minimum absolute atomic E-state index is 0.0441. The number of rotatable bonds is 5. The lowest BCUT2D eigenvalue weighted by Crippen LogP contribution is -2.42. The van der Waals surface area contributed by atoms with E-state index in [0.717, 1.165) is 36.8 Å². The summed E-state index contributed by atoms with van der Waals surface area (Å²) in [5.41, 5.74) is 1.72. The molecule has 0 atom stereocenters. The summed E-state index contributed by atoms with van der Waals surface area (Å²) in [6, 6.07) is 7.91. The summed E-state index contributed by atoms with van der Waals surface area (Å²) < 4.78 is 4.76. The van der Waals surface area contributed by atoms with Crippen LogP contribution < -0.4 is 0 Å². The maximum atomic E-state index is 13.1. The molecule has 1 aliphatic rings. The van der Waals surface area contributed by atoms with Crippen molar-refractivity contribution in [2.24, 2.45) is 0 Å². The second-order valence-electron chi connectivity index (χ2n) is 6.64. The van der Waals surface area contributed by atoms with E-state index in [2.05, 4.69) is 0 Å². The van der Waals surface area contributed by atoms with E-state index in [1.165, 1.54) is 26.4 Å². The number of esters is 1. The molecule has 4 heteroatoms. The molecule has 24 heavy (non-hydrogen) atoms. The van der Waals surface area contributed by atoms with Crippen molar-refractivity contribution in [1.29, 1.82) is 0 Å². The van der Waals surface area contributed by atoms with Gasteiger partial charge in [-0.1, -0.05) is 50.3 Å². The highest BCUT2D eigenvalue weighted by Crippen LogP contribution is 2.24. The highest BCUT2D eigenvalue weighted by atomic mass is 16.5. The largest absolute Gasteiger partial charge is 0.469 e. The Kier molecular flexibility index (Phi) is 7.29. The van der Waals surface area contributed by atoms with Crippen LogP contribution in [0.25, 0.3) is 0 Å². The molecule has 0 aliphatic heterocycles. The van der Waals surface area contributed by atoms with Gasteiger partial charge in [0.15, 0.2) is 0 Å². The van der Waals surface area contributed by atoms with Gasteiger partial charge in [-0.2, -0.15) is 0 Å². The Morgan fingerprint density at radius 2 is 1.71 bits per heavy atom. The third kappa shape index (κ3) is 5.08. The van der Waals surface area contributed by atoms with Gasteiger partial charge >= 0.3 is 5.97 Å². The molecule has 1 aromatic rings. The smallest absolute Gasteiger partial charge is 0.307 e. The molecular weight excluding hydrogens is 302 g/mol. The first kappa shape index (κ1) is 18.5. The summed E-state index contributed by atoms with van der Waals surface area (Å²) in [4.78, 5) is 26.6. The van der Waals surface area contributed by atoms with E-state index in [0.29, 0.717) is 6.54 Å². The summed E-state index contributed by atoms with van der Waals surface area (Å²) >= 11 is 0. The molecule has 0 heterocycles. The molecule has 2 rings (SSSR count). The maximum absolute atomic E-state index is 13.1. The van der Waals surface area contributed by atoms with Crippen LogP contribution in [0.2, 0.25) is 0 Å². The molecule has 1 saturated carbocycles. The number of methoxy groups -OCH3 is 1. The number of hydrogen-bond acceptors (Lipinski definition) is 3. The average molecular weight is 331 g/mol. The standard InChI is InChI=1S/C20H29NO3/c1-16-10-8-9-13-18(16)20(23)21(15-14-19(22)24-2)17-11-6-4-3-5-7-12-17/h8-10,13,17H,3-7,11-12,14-15H2,1-2H3. The van der Waals surface area contributed by atoms with Crippen LogP contribution in [0.15, 0.2) is 24.3 Å². The first-order valence-electron chi connectivity index (χ1n) is 9.07. The van der Waals surface area contributed by atoms with Crippen LogP contribution in [0.5, 0.6) is 0 Å². The quantitative estimate of drug-likeness (QED) is 0.763. The molecule has 0 N–H and O–H groups in total. The number of aryl methyl sites for hydroxylation is 1. The minimum atomic E-state index is -0.261. The number of hydrogen-bond donors (Lipinski definition) is 0. The lowest BCUT2D eigenvalue weighted by molar-refractivity contribution is -0.140. The van der Waals surface area contributed by atoms with Gasteiger partial charge in [-0.05, 0) is 31.4 Å². The second kappa shape index (κ2) is 9.45. The zero-order valence-corrected chi connectivity index (χ0v) is 14.9. The lowest BCUT2D eigenvalue weighted by Gasteiger charge is -2.33. The van der Waals surface area contributed by atoms with Crippen molar-refractivity contribution < 1.29 is 14.3 Å². The van der Waals surface area contributed by atoms with E-state index in [9.17, 15) is 9.59 Å². The number of amides is 1. The van der Waals surface area contributed by atoms with Crippen LogP contribution >= 0.6 is 0 Å². The fourth-order valence-electron chi connectivity index (χ4n) is 3.48. The van der Waals surface area contributed by atoms with Gasteiger partial charge in [0.2, 0.25) is 0 Å². The molecule has 132 valence electrons. The molecule has 0 radical (unpaired) electrons. The van der Waals surface area contributed by atoms with Gasteiger partial charge in [0, 0.05) is 18.2 Å². The summed E-state index contributed by atoms with van der Waals surface area (Å²) in [7, 11) is 1.39. The molecule has 0 saturated heterocycles. The summed E-state index contributed by atoms with van der Waals surface area (Å²) in [6.45, 7) is 2.40. The Bertz CT molecular complexity index is 548. The van der Waals surface area contributed by atoms with Gasteiger partial charge in [-0.25, -0.2) is 0 Å².